The number of carbonyl (C=O) groups is 1. The van der Waals surface area contributed by atoms with Crippen LogP contribution in [0.2, 0.25) is 10.0 Å². The van der Waals surface area contributed by atoms with Gasteiger partial charge in [-0.15, -0.1) is 0 Å². The van der Waals surface area contributed by atoms with E-state index in [0.717, 1.165) is 5.56 Å². The fourth-order valence-electron chi connectivity index (χ4n) is 2.38. The first kappa shape index (κ1) is 21.4. The molecule has 6 nitrogen and oxygen atoms in total. The molecule has 0 radical (unpaired) electrons. The fourth-order valence-corrected chi connectivity index (χ4v) is 2.85. The number of benzene rings is 2. The van der Waals surface area contributed by atoms with E-state index < -0.39 is 5.91 Å². The highest BCUT2D eigenvalue weighted by molar-refractivity contribution is 6.36. The lowest BCUT2D eigenvalue weighted by molar-refractivity contribution is -0.117. The van der Waals surface area contributed by atoms with Crippen molar-refractivity contribution in [2.75, 3.05) is 19.5 Å². The quantitative estimate of drug-likeness (QED) is 0.501. The van der Waals surface area contributed by atoms with Gasteiger partial charge in [-0.2, -0.15) is 5.26 Å². The Bertz CT molecular complexity index is 939. The first-order valence-electron chi connectivity index (χ1n) is 8.24. The molecule has 0 aromatic heterocycles. The maximum absolute atomic E-state index is 12.4. The van der Waals surface area contributed by atoms with E-state index in [0.29, 0.717) is 27.2 Å². The molecule has 1 atom stereocenters. The summed E-state index contributed by atoms with van der Waals surface area (Å²) in [6.45, 7) is 1.80. The molecular weight excluding hydrogens is 401 g/mol. The van der Waals surface area contributed by atoms with E-state index in [1.54, 1.807) is 44.4 Å². The molecule has 0 fully saturated rings. The zero-order valence-electron chi connectivity index (χ0n) is 15.5. The Hall–Kier alpha value is -2.88. The number of methoxy groups -OCH3 is 2. The number of hydrogen-bond acceptors (Lipinski definition) is 5. The van der Waals surface area contributed by atoms with Gasteiger partial charge in [0.25, 0.3) is 5.91 Å². The van der Waals surface area contributed by atoms with Gasteiger partial charge < -0.3 is 20.1 Å². The molecular formula is C20H19Cl2N3O3. The fraction of sp³-hybridized carbons (Fsp3) is 0.200. The van der Waals surface area contributed by atoms with Crippen LogP contribution < -0.4 is 20.1 Å². The van der Waals surface area contributed by atoms with E-state index in [1.807, 2.05) is 12.1 Å². The van der Waals surface area contributed by atoms with Gasteiger partial charge in [0.2, 0.25) is 0 Å². The van der Waals surface area contributed by atoms with Crippen molar-refractivity contribution in [3.8, 4) is 17.6 Å². The highest BCUT2D eigenvalue weighted by Crippen LogP contribution is 2.30. The molecule has 1 unspecified atom stereocenters. The second kappa shape index (κ2) is 9.88. The Kier molecular flexibility index (Phi) is 7.56. The SMILES string of the molecule is COc1ccc(C(C)NC(=O)/C(C#N)=C\Nc2ccc(Cl)cc2Cl)cc1OC. The van der Waals surface area contributed by atoms with Crippen LogP contribution in [0, 0.1) is 11.3 Å². The van der Waals surface area contributed by atoms with Crippen LogP contribution in [0.1, 0.15) is 18.5 Å². The molecule has 0 aliphatic heterocycles. The number of halogens is 2. The topological polar surface area (TPSA) is 83.4 Å². The van der Waals surface area contributed by atoms with E-state index in [9.17, 15) is 10.1 Å². The molecule has 0 saturated carbocycles. The number of nitriles is 1. The summed E-state index contributed by atoms with van der Waals surface area (Å²) in [6, 6.07) is 11.7. The molecule has 2 N–H and O–H groups in total. The summed E-state index contributed by atoms with van der Waals surface area (Å²) in [7, 11) is 3.08. The third-order valence-electron chi connectivity index (χ3n) is 3.92. The minimum atomic E-state index is -0.526. The molecule has 2 aromatic carbocycles. The van der Waals surface area contributed by atoms with Gasteiger partial charge in [0, 0.05) is 11.2 Å². The Morgan fingerprint density at radius 3 is 2.46 bits per heavy atom. The number of rotatable bonds is 7. The van der Waals surface area contributed by atoms with Crippen LogP contribution in [0.15, 0.2) is 48.2 Å². The van der Waals surface area contributed by atoms with Crippen LogP contribution in [-0.4, -0.2) is 20.1 Å². The van der Waals surface area contributed by atoms with Crippen molar-refractivity contribution in [3.05, 3.63) is 63.8 Å². The average Bonchev–Trinajstić information content (AvgIpc) is 2.69. The summed E-state index contributed by atoms with van der Waals surface area (Å²) in [6.07, 6.45) is 1.30. The van der Waals surface area contributed by atoms with Crippen molar-refractivity contribution in [1.29, 1.82) is 5.26 Å². The van der Waals surface area contributed by atoms with Crippen molar-refractivity contribution >= 4 is 34.8 Å². The van der Waals surface area contributed by atoms with Gasteiger partial charge in [-0.05, 0) is 42.8 Å². The van der Waals surface area contributed by atoms with E-state index in [1.165, 1.54) is 13.3 Å². The third kappa shape index (κ3) is 5.32. The highest BCUT2D eigenvalue weighted by Gasteiger charge is 2.16. The van der Waals surface area contributed by atoms with Crippen molar-refractivity contribution in [3.63, 3.8) is 0 Å². The van der Waals surface area contributed by atoms with E-state index in [4.69, 9.17) is 32.7 Å². The Balaban J connectivity index is 2.11. The van der Waals surface area contributed by atoms with Crippen LogP contribution in [0.4, 0.5) is 5.69 Å². The Morgan fingerprint density at radius 1 is 1.14 bits per heavy atom. The van der Waals surface area contributed by atoms with Crippen molar-refractivity contribution in [2.45, 2.75) is 13.0 Å². The number of amides is 1. The van der Waals surface area contributed by atoms with E-state index >= 15 is 0 Å². The molecule has 1 amide bonds. The zero-order chi connectivity index (χ0) is 20.7. The molecule has 0 bridgehead atoms. The minimum Gasteiger partial charge on any atom is -0.493 e. The molecule has 0 spiro atoms. The van der Waals surface area contributed by atoms with Gasteiger partial charge in [-0.25, -0.2) is 0 Å². The first-order chi connectivity index (χ1) is 13.4. The normalized spacial score (nSPS) is 11.9. The number of nitrogens with one attached hydrogen (secondary N) is 2. The summed E-state index contributed by atoms with van der Waals surface area (Å²) >= 11 is 11.9. The summed E-state index contributed by atoms with van der Waals surface area (Å²) in [5.74, 6) is 0.616. The number of anilines is 1. The zero-order valence-corrected chi connectivity index (χ0v) is 17.1. The van der Waals surface area contributed by atoms with Gasteiger partial charge in [-0.3, -0.25) is 4.79 Å². The predicted molar refractivity (Wildman–Crippen MR) is 110 cm³/mol. The lowest BCUT2D eigenvalue weighted by Crippen LogP contribution is -2.28. The van der Waals surface area contributed by atoms with Gasteiger partial charge >= 0.3 is 0 Å². The lowest BCUT2D eigenvalue weighted by Gasteiger charge is -2.16. The van der Waals surface area contributed by atoms with Crippen molar-refractivity contribution in [1.82, 2.24) is 5.32 Å². The van der Waals surface area contributed by atoms with Gasteiger partial charge in [-0.1, -0.05) is 29.3 Å². The summed E-state index contributed by atoms with van der Waals surface area (Å²) in [5.41, 5.74) is 1.23. The van der Waals surface area contributed by atoms with Crippen LogP contribution >= 0.6 is 23.2 Å². The molecule has 28 heavy (non-hydrogen) atoms. The third-order valence-corrected chi connectivity index (χ3v) is 4.47. The second-order valence-corrected chi connectivity index (χ2v) is 6.59. The monoisotopic (exact) mass is 419 g/mol. The maximum Gasteiger partial charge on any atom is 0.263 e. The lowest BCUT2D eigenvalue weighted by atomic mass is 10.1. The van der Waals surface area contributed by atoms with E-state index in [2.05, 4.69) is 10.6 Å². The molecule has 2 rings (SSSR count). The summed E-state index contributed by atoms with van der Waals surface area (Å²) in [4.78, 5) is 12.4. The number of ether oxygens (including phenoxy) is 2. The highest BCUT2D eigenvalue weighted by atomic mass is 35.5. The van der Waals surface area contributed by atoms with Crippen molar-refractivity contribution in [2.24, 2.45) is 0 Å². The predicted octanol–water partition coefficient (Wildman–Crippen LogP) is 4.71. The van der Waals surface area contributed by atoms with Crippen LogP contribution in [0.25, 0.3) is 0 Å². The van der Waals surface area contributed by atoms with Gasteiger partial charge in [0.15, 0.2) is 11.5 Å². The number of hydrogen-bond donors (Lipinski definition) is 2. The van der Waals surface area contributed by atoms with E-state index in [-0.39, 0.29) is 11.6 Å². The second-order valence-electron chi connectivity index (χ2n) is 5.75. The molecule has 146 valence electrons. The Morgan fingerprint density at radius 2 is 1.86 bits per heavy atom. The summed E-state index contributed by atoms with van der Waals surface area (Å²) in [5, 5.41) is 15.8. The minimum absolute atomic E-state index is 0.0988. The number of nitrogens with zero attached hydrogens (tertiary/aromatic N) is 1. The van der Waals surface area contributed by atoms with Crippen LogP contribution in [0.3, 0.4) is 0 Å². The smallest absolute Gasteiger partial charge is 0.263 e. The van der Waals surface area contributed by atoms with Gasteiger partial charge in [0.1, 0.15) is 11.6 Å². The van der Waals surface area contributed by atoms with Crippen LogP contribution in [0.5, 0.6) is 11.5 Å². The number of carbonyl (C=O) groups excluding carboxylic acids is 1. The first-order valence-corrected chi connectivity index (χ1v) is 8.99. The van der Waals surface area contributed by atoms with Crippen LogP contribution in [-0.2, 0) is 4.79 Å². The van der Waals surface area contributed by atoms with Gasteiger partial charge in [0.05, 0.1) is 31.0 Å². The molecule has 0 aliphatic rings. The molecule has 0 saturated heterocycles. The standard InChI is InChI=1S/C20H19Cl2N3O3/c1-12(13-4-7-18(27-2)19(8-13)28-3)25-20(26)14(10-23)11-24-17-6-5-15(21)9-16(17)22/h4-9,11-12,24H,1-3H3,(H,25,26)/b14-11-. The molecule has 0 aliphatic carbocycles. The maximum atomic E-state index is 12.4. The molecule has 2 aromatic rings. The van der Waals surface area contributed by atoms with Crippen molar-refractivity contribution < 1.29 is 14.3 Å². The molecule has 8 heteroatoms. The average molecular weight is 420 g/mol. The largest absolute Gasteiger partial charge is 0.493 e. The Labute approximate surface area is 173 Å². The summed E-state index contributed by atoms with van der Waals surface area (Å²) < 4.78 is 10.5. The molecule has 0 heterocycles.